The van der Waals surface area contributed by atoms with E-state index in [4.69, 9.17) is 0 Å². The van der Waals surface area contributed by atoms with Gasteiger partial charge in [-0.05, 0) is 50.0 Å². The van der Waals surface area contributed by atoms with Crippen LogP contribution in [0, 0.1) is 17.6 Å². The molecule has 3 nitrogen and oxygen atoms in total. The lowest BCUT2D eigenvalue weighted by atomic mass is 9.97. The zero-order chi connectivity index (χ0) is 15.9. The summed E-state index contributed by atoms with van der Waals surface area (Å²) in [7, 11) is 0. The van der Waals surface area contributed by atoms with Crippen LogP contribution in [0.2, 0.25) is 0 Å². The number of benzene rings is 1. The molecule has 1 aromatic rings. The third-order valence-corrected chi connectivity index (χ3v) is 4.88. The van der Waals surface area contributed by atoms with Gasteiger partial charge in [0.05, 0.1) is 5.75 Å². The highest BCUT2D eigenvalue weighted by Gasteiger charge is 2.22. The minimum atomic E-state index is -0.873. The fourth-order valence-corrected chi connectivity index (χ4v) is 3.36. The molecule has 1 amide bonds. The van der Waals surface area contributed by atoms with Gasteiger partial charge in [-0.1, -0.05) is 6.92 Å². The average Bonchev–Trinajstić information content (AvgIpc) is 2.54. The molecule has 0 bridgehead atoms. The van der Waals surface area contributed by atoms with Crippen LogP contribution in [0.25, 0.3) is 0 Å². The minimum absolute atomic E-state index is 0. The summed E-state index contributed by atoms with van der Waals surface area (Å²) in [5, 5.41) is 3.34. The van der Waals surface area contributed by atoms with Gasteiger partial charge in [-0.2, -0.15) is 0 Å². The van der Waals surface area contributed by atoms with Crippen LogP contribution in [0.1, 0.15) is 19.8 Å². The van der Waals surface area contributed by atoms with Crippen molar-refractivity contribution in [3.05, 3.63) is 29.8 Å². The van der Waals surface area contributed by atoms with Crippen molar-refractivity contribution in [1.29, 1.82) is 0 Å². The number of piperidine rings is 1. The van der Waals surface area contributed by atoms with Gasteiger partial charge in [-0.15, -0.1) is 24.2 Å². The predicted molar refractivity (Wildman–Crippen MR) is 92.2 cm³/mol. The van der Waals surface area contributed by atoms with E-state index >= 15 is 0 Å². The fourth-order valence-electron chi connectivity index (χ4n) is 2.54. The first-order chi connectivity index (χ1) is 10.6. The average molecular weight is 365 g/mol. The van der Waals surface area contributed by atoms with Crippen molar-refractivity contribution in [2.24, 2.45) is 5.92 Å². The van der Waals surface area contributed by atoms with Crippen molar-refractivity contribution in [2.45, 2.75) is 24.7 Å². The summed E-state index contributed by atoms with van der Waals surface area (Å²) in [5.74, 6) is -0.761. The number of hydrogen-bond donors (Lipinski definition) is 1. The molecule has 7 heteroatoms. The van der Waals surface area contributed by atoms with E-state index < -0.39 is 11.6 Å². The molecule has 1 saturated heterocycles. The maximum atomic E-state index is 13.1. The Morgan fingerprint density at radius 3 is 2.61 bits per heavy atom. The molecule has 1 aromatic carbocycles. The molecule has 1 aliphatic rings. The fraction of sp³-hybridized carbons (Fsp3) is 0.562. The highest BCUT2D eigenvalue weighted by atomic mass is 35.5. The van der Waals surface area contributed by atoms with Gasteiger partial charge in [0.25, 0.3) is 0 Å². The van der Waals surface area contributed by atoms with Crippen LogP contribution in [0.4, 0.5) is 8.78 Å². The zero-order valence-electron chi connectivity index (χ0n) is 13.2. The van der Waals surface area contributed by atoms with E-state index in [-0.39, 0.29) is 24.1 Å². The van der Waals surface area contributed by atoms with Crippen LogP contribution in [0.15, 0.2) is 23.1 Å². The Balaban J connectivity index is 0.00000264. The number of rotatable bonds is 6. The van der Waals surface area contributed by atoms with Crippen molar-refractivity contribution in [3.8, 4) is 0 Å². The SMILES string of the molecule is CCNCC1CCN(C(=O)CSc2ccc(F)c(F)c2)CC1.Cl. The molecule has 1 N–H and O–H groups in total. The molecule has 0 aromatic heterocycles. The quantitative estimate of drug-likeness (QED) is 0.786. The number of likely N-dealkylation sites (tertiary alicyclic amines) is 1. The molecule has 0 spiro atoms. The van der Waals surface area contributed by atoms with Crippen molar-refractivity contribution in [1.82, 2.24) is 10.2 Å². The van der Waals surface area contributed by atoms with Gasteiger partial charge < -0.3 is 10.2 Å². The lowest BCUT2D eigenvalue weighted by molar-refractivity contribution is -0.129. The van der Waals surface area contributed by atoms with Gasteiger partial charge in [0.15, 0.2) is 11.6 Å². The van der Waals surface area contributed by atoms with Gasteiger partial charge in [0.1, 0.15) is 0 Å². The van der Waals surface area contributed by atoms with Crippen molar-refractivity contribution < 1.29 is 13.6 Å². The van der Waals surface area contributed by atoms with Crippen LogP contribution < -0.4 is 5.32 Å². The van der Waals surface area contributed by atoms with Crippen molar-refractivity contribution in [2.75, 3.05) is 31.9 Å². The third kappa shape index (κ3) is 6.28. The van der Waals surface area contributed by atoms with Crippen LogP contribution >= 0.6 is 24.2 Å². The van der Waals surface area contributed by atoms with Crippen molar-refractivity contribution >= 4 is 30.1 Å². The molecule has 0 aliphatic carbocycles. The second-order valence-corrected chi connectivity index (χ2v) is 6.55. The van der Waals surface area contributed by atoms with Crippen LogP contribution in [-0.2, 0) is 4.79 Å². The smallest absolute Gasteiger partial charge is 0.232 e. The molecular formula is C16H23ClF2N2OS. The number of nitrogens with zero attached hydrogens (tertiary/aromatic N) is 1. The third-order valence-electron chi connectivity index (χ3n) is 3.90. The Morgan fingerprint density at radius 2 is 2.00 bits per heavy atom. The Labute approximate surface area is 146 Å². The first-order valence-electron chi connectivity index (χ1n) is 7.66. The molecule has 0 radical (unpaired) electrons. The first kappa shape index (κ1) is 20.2. The topological polar surface area (TPSA) is 32.3 Å². The van der Waals surface area contributed by atoms with E-state index in [1.807, 2.05) is 4.90 Å². The highest BCUT2D eigenvalue weighted by molar-refractivity contribution is 8.00. The number of carbonyl (C=O) groups excluding carboxylic acids is 1. The molecule has 1 aliphatic heterocycles. The summed E-state index contributed by atoms with van der Waals surface area (Å²) < 4.78 is 26.0. The van der Waals surface area contributed by atoms with Crippen LogP contribution in [0.3, 0.4) is 0 Å². The number of amides is 1. The number of halogens is 3. The van der Waals surface area contributed by atoms with E-state index in [0.29, 0.717) is 10.8 Å². The monoisotopic (exact) mass is 364 g/mol. The summed E-state index contributed by atoms with van der Waals surface area (Å²) in [5.41, 5.74) is 0. The predicted octanol–water partition coefficient (Wildman–Crippen LogP) is 3.33. The number of nitrogens with one attached hydrogen (secondary N) is 1. The second-order valence-electron chi connectivity index (χ2n) is 5.50. The maximum absolute atomic E-state index is 13.1. The van der Waals surface area contributed by atoms with Gasteiger partial charge in [0, 0.05) is 18.0 Å². The number of carbonyl (C=O) groups is 1. The maximum Gasteiger partial charge on any atom is 0.232 e. The summed E-state index contributed by atoms with van der Waals surface area (Å²) in [6.07, 6.45) is 2.04. The van der Waals surface area contributed by atoms with E-state index in [0.717, 1.165) is 51.2 Å². The largest absolute Gasteiger partial charge is 0.342 e. The first-order valence-corrected chi connectivity index (χ1v) is 8.65. The Bertz CT molecular complexity index is 511. The lowest BCUT2D eigenvalue weighted by Crippen LogP contribution is -2.41. The summed E-state index contributed by atoms with van der Waals surface area (Å²) in [6.45, 7) is 5.65. The Morgan fingerprint density at radius 1 is 1.30 bits per heavy atom. The van der Waals surface area contributed by atoms with Gasteiger partial charge in [0.2, 0.25) is 5.91 Å². The molecule has 23 heavy (non-hydrogen) atoms. The molecule has 130 valence electrons. The summed E-state index contributed by atoms with van der Waals surface area (Å²) >= 11 is 1.25. The molecular weight excluding hydrogens is 342 g/mol. The van der Waals surface area contributed by atoms with Gasteiger partial charge >= 0.3 is 0 Å². The van der Waals surface area contributed by atoms with E-state index in [9.17, 15) is 13.6 Å². The van der Waals surface area contributed by atoms with E-state index in [1.165, 1.54) is 17.8 Å². The zero-order valence-corrected chi connectivity index (χ0v) is 14.8. The normalized spacial score (nSPS) is 15.3. The minimum Gasteiger partial charge on any atom is -0.342 e. The molecule has 0 saturated carbocycles. The molecule has 0 unspecified atom stereocenters. The van der Waals surface area contributed by atoms with Crippen LogP contribution in [-0.4, -0.2) is 42.7 Å². The van der Waals surface area contributed by atoms with Gasteiger partial charge in [-0.3, -0.25) is 4.79 Å². The molecule has 1 heterocycles. The molecule has 1 fully saturated rings. The number of thioether (sulfide) groups is 1. The highest BCUT2D eigenvalue weighted by Crippen LogP contribution is 2.22. The lowest BCUT2D eigenvalue weighted by Gasteiger charge is -2.32. The molecule has 2 rings (SSSR count). The Hall–Kier alpha value is -0.850. The van der Waals surface area contributed by atoms with Gasteiger partial charge in [-0.25, -0.2) is 8.78 Å². The second kappa shape index (κ2) is 10.1. The van der Waals surface area contributed by atoms with Crippen molar-refractivity contribution in [3.63, 3.8) is 0 Å². The number of hydrogen-bond acceptors (Lipinski definition) is 3. The Kier molecular flexibility index (Phi) is 8.87. The summed E-state index contributed by atoms with van der Waals surface area (Å²) in [6, 6.07) is 3.73. The summed E-state index contributed by atoms with van der Waals surface area (Å²) in [4.78, 5) is 14.6. The van der Waals surface area contributed by atoms with E-state index in [1.54, 1.807) is 0 Å². The standard InChI is InChI=1S/C16H22F2N2OS.ClH/c1-2-19-10-12-5-7-20(8-6-12)16(21)11-22-13-3-4-14(17)15(18)9-13;/h3-4,9,12,19H,2,5-8,10-11H2,1H3;1H. The molecule has 0 atom stereocenters. The van der Waals surface area contributed by atoms with Crippen LogP contribution in [0.5, 0.6) is 0 Å². The van der Waals surface area contributed by atoms with E-state index in [2.05, 4.69) is 12.2 Å².